The topological polar surface area (TPSA) is 123 Å². The number of hydrazine groups is 1. The average Bonchev–Trinajstić information content (AvgIpc) is 2.42. The fraction of sp³-hybridized carbons (Fsp3) is 0.250. The highest BCUT2D eigenvalue weighted by molar-refractivity contribution is 7.99. The predicted molar refractivity (Wildman–Crippen MR) is 78.7 cm³/mol. The number of nitrogens with two attached hydrogens (primary N) is 2. The minimum Gasteiger partial charge on any atom is -0.507 e. The van der Waals surface area contributed by atoms with Crippen LogP contribution in [0, 0.1) is 0 Å². The van der Waals surface area contributed by atoms with Gasteiger partial charge in [0.25, 0.3) is 5.91 Å². The standard InChI is InChI=1S/C12H18N4O3S/c1-8(13)7-15-12(18)11(20-19-16-14)6-9-4-2-3-5-10(9)17/h2-6,8,16-17H,7,13-14H2,1H3,(H,15,18)/b11-6-. The van der Waals surface area contributed by atoms with Crippen LogP contribution in [0.1, 0.15) is 12.5 Å². The quantitative estimate of drug-likeness (QED) is 0.211. The van der Waals surface area contributed by atoms with Crippen molar-refractivity contribution < 1.29 is 14.2 Å². The van der Waals surface area contributed by atoms with Crippen molar-refractivity contribution in [1.29, 1.82) is 0 Å². The van der Waals surface area contributed by atoms with Gasteiger partial charge in [0.15, 0.2) is 0 Å². The third-order valence-electron chi connectivity index (χ3n) is 2.21. The monoisotopic (exact) mass is 298 g/mol. The lowest BCUT2D eigenvalue weighted by atomic mass is 10.2. The van der Waals surface area contributed by atoms with Crippen molar-refractivity contribution >= 4 is 24.0 Å². The summed E-state index contributed by atoms with van der Waals surface area (Å²) in [6.45, 7) is 2.10. The molecule has 110 valence electrons. The van der Waals surface area contributed by atoms with E-state index in [0.29, 0.717) is 12.1 Å². The lowest BCUT2D eigenvalue weighted by Crippen LogP contribution is -2.35. The Morgan fingerprint density at radius 1 is 1.55 bits per heavy atom. The van der Waals surface area contributed by atoms with Crippen LogP contribution in [0.4, 0.5) is 0 Å². The summed E-state index contributed by atoms with van der Waals surface area (Å²) in [7, 11) is 0. The summed E-state index contributed by atoms with van der Waals surface area (Å²) >= 11 is 0.746. The average molecular weight is 298 g/mol. The Bertz CT molecular complexity index is 480. The molecule has 0 heterocycles. The van der Waals surface area contributed by atoms with Gasteiger partial charge in [-0.25, -0.2) is 10.1 Å². The molecule has 0 radical (unpaired) electrons. The molecule has 0 spiro atoms. The maximum Gasteiger partial charge on any atom is 0.260 e. The maximum absolute atomic E-state index is 12.0. The van der Waals surface area contributed by atoms with E-state index in [4.69, 9.17) is 15.9 Å². The Morgan fingerprint density at radius 2 is 2.25 bits per heavy atom. The van der Waals surface area contributed by atoms with E-state index in [9.17, 15) is 9.90 Å². The summed E-state index contributed by atoms with van der Waals surface area (Å²) in [5, 5.41) is 12.3. The van der Waals surface area contributed by atoms with Gasteiger partial charge in [0.2, 0.25) is 0 Å². The van der Waals surface area contributed by atoms with E-state index >= 15 is 0 Å². The highest BCUT2D eigenvalue weighted by Gasteiger charge is 2.13. The molecule has 0 saturated carbocycles. The fourth-order valence-electron chi connectivity index (χ4n) is 1.29. The third kappa shape index (κ3) is 5.59. The minimum atomic E-state index is -0.370. The number of rotatable bonds is 7. The predicted octanol–water partition coefficient (Wildman–Crippen LogP) is 0.240. The molecule has 7 nitrogen and oxygen atoms in total. The third-order valence-corrected chi connectivity index (χ3v) is 2.87. The summed E-state index contributed by atoms with van der Waals surface area (Å²) < 4.78 is 4.74. The van der Waals surface area contributed by atoms with Crippen molar-refractivity contribution in [2.45, 2.75) is 13.0 Å². The minimum absolute atomic E-state index is 0.0614. The number of phenols is 1. The highest BCUT2D eigenvalue weighted by Crippen LogP contribution is 2.24. The van der Waals surface area contributed by atoms with E-state index in [1.54, 1.807) is 25.1 Å². The molecule has 20 heavy (non-hydrogen) atoms. The largest absolute Gasteiger partial charge is 0.507 e. The lowest BCUT2D eigenvalue weighted by molar-refractivity contribution is -0.116. The zero-order chi connectivity index (χ0) is 15.0. The van der Waals surface area contributed by atoms with Crippen molar-refractivity contribution in [1.82, 2.24) is 10.9 Å². The molecule has 0 aromatic heterocycles. The first kappa shape index (κ1) is 16.5. The van der Waals surface area contributed by atoms with E-state index in [-0.39, 0.29) is 22.6 Å². The summed E-state index contributed by atoms with van der Waals surface area (Å²) in [5.74, 6) is 4.69. The summed E-state index contributed by atoms with van der Waals surface area (Å²) in [6.07, 6.45) is 1.49. The molecule has 8 heteroatoms. The molecule has 0 saturated heterocycles. The Hall–Kier alpha value is -1.58. The summed E-state index contributed by atoms with van der Waals surface area (Å²) in [5.41, 5.74) is 8.04. The summed E-state index contributed by atoms with van der Waals surface area (Å²) in [6, 6.07) is 6.47. The summed E-state index contributed by atoms with van der Waals surface area (Å²) in [4.78, 5) is 12.2. The first-order valence-electron chi connectivity index (χ1n) is 5.87. The normalized spacial score (nSPS) is 13.1. The molecule has 7 N–H and O–H groups in total. The van der Waals surface area contributed by atoms with E-state index < -0.39 is 0 Å². The van der Waals surface area contributed by atoms with Crippen molar-refractivity contribution in [2.24, 2.45) is 11.6 Å². The van der Waals surface area contributed by atoms with Crippen molar-refractivity contribution in [3.63, 3.8) is 0 Å². The number of amides is 1. The molecule has 0 bridgehead atoms. The molecule has 1 unspecified atom stereocenters. The fourth-order valence-corrected chi connectivity index (χ4v) is 1.75. The van der Waals surface area contributed by atoms with Gasteiger partial charge in [0.1, 0.15) is 10.7 Å². The molecule has 1 atom stereocenters. The number of aromatic hydroxyl groups is 1. The van der Waals surface area contributed by atoms with Crippen LogP contribution in [0.25, 0.3) is 6.08 Å². The van der Waals surface area contributed by atoms with Gasteiger partial charge in [-0.1, -0.05) is 18.2 Å². The molecule has 0 aliphatic heterocycles. The van der Waals surface area contributed by atoms with Crippen molar-refractivity contribution in [2.75, 3.05) is 6.54 Å². The molecule has 1 aromatic carbocycles. The molecule has 1 rings (SSSR count). The molecule has 1 aromatic rings. The van der Waals surface area contributed by atoms with Gasteiger partial charge < -0.3 is 16.2 Å². The van der Waals surface area contributed by atoms with Crippen LogP contribution >= 0.6 is 12.0 Å². The number of hydrogen-bond acceptors (Lipinski definition) is 7. The lowest BCUT2D eigenvalue weighted by Gasteiger charge is -2.10. The Kier molecular flexibility index (Phi) is 7.05. The molecule has 0 aliphatic rings. The first-order valence-corrected chi connectivity index (χ1v) is 6.61. The van der Waals surface area contributed by atoms with E-state index in [1.807, 2.05) is 5.59 Å². The second kappa shape index (κ2) is 8.56. The van der Waals surface area contributed by atoms with Gasteiger partial charge >= 0.3 is 0 Å². The van der Waals surface area contributed by atoms with Crippen LogP contribution < -0.4 is 22.5 Å². The van der Waals surface area contributed by atoms with Gasteiger partial charge in [-0.3, -0.25) is 4.79 Å². The number of benzene rings is 1. The molecular formula is C12H18N4O3S. The van der Waals surface area contributed by atoms with Crippen LogP contribution in [-0.4, -0.2) is 23.6 Å². The second-order valence-electron chi connectivity index (χ2n) is 4.04. The molecule has 0 aliphatic carbocycles. The van der Waals surface area contributed by atoms with Crippen LogP contribution in [-0.2, 0) is 9.08 Å². The van der Waals surface area contributed by atoms with Crippen LogP contribution in [0.3, 0.4) is 0 Å². The number of carbonyl (C=O) groups excluding carboxylic acids is 1. The smallest absolute Gasteiger partial charge is 0.260 e. The number of nitrogens with one attached hydrogen (secondary N) is 2. The molecule has 0 fully saturated rings. The second-order valence-corrected chi connectivity index (χ2v) is 4.81. The SMILES string of the molecule is CC(N)CNC(=O)/C(=C/c1ccccc1O)SONN. The zero-order valence-corrected chi connectivity index (χ0v) is 11.8. The van der Waals surface area contributed by atoms with Crippen LogP contribution in [0.5, 0.6) is 5.75 Å². The van der Waals surface area contributed by atoms with Gasteiger partial charge in [-0.15, -0.1) is 5.59 Å². The van der Waals surface area contributed by atoms with Crippen LogP contribution in [0.2, 0.25) is 0 Å². The number of hydrogen-bond donors (Lipinski definition) is 5. The van der Waals surface area contributed by atoms with Crippen molar-refractivity contribution in [3.05, 3.63) is 34.7 Å². The number of phenolic OH excluding ortho intramolecular Hbond substituents is 1. The number of carbonyl (C=O) groups is 1. The van der Waals surface area contributed by atoms with Gasteiger partial charge in [-0.2, -0.15) is 0 Å². The Morgan fingerprint density at radius 3 is 2.85 bits per heavy atom. The van der Waals surface area contributed by atoms with E-state index in [1.165, 1.54) is 12.1 Å². The molecular weight excluding hydrogens is 280 g/mol. The van der Waals surface area contributed by atoms with Gasteiger partial charge in [0.05, 0.1) is 12.0 Å². The Balaban J connectivity index is 2.88. The van der Waals surface area contributed by atoms with Crippen LogP contribution in [0.15, 0.2) is 29.2 Å². The van der Waals surface area contributed by atoms with Gasteiger partial charge in [-0.05, 0) is 19.1 Å². The van der Waals surface area contributed by atoms with E-state index in [2.05, 4.69) is 5.32 Å². The highest BCUT2D eigenvalue weighted by atomic mass is 32.2. The molecule has 1 amide bonds. The van der Waals surface area contributed by atoms with Gasteiger partial charge in [0, 0.05) is 18.2 Å². The van der Waals surface area contributed by atoms with E-state index in [0.717, 1.165) is 12.0 Å². The zero-order valence-electron chi connectivity index (χ0n) is 11.0. The number of para-hydroxylation sites is 1. The maximum atomic E-state index is 12.0. The van der Waals surface area contributed by atoms with Crippen molar-refractivity contribution in [3.8, 4) is 5.75 Å². The first-order chi connectivity index (χ1) is 9.54. The Labute approximate surface area is 121 Å².